The molecule has 1 aliphatic rings. The van der Waals surface area contributed by atoms with E-state index in [0.29, 0.717) is 48.5 Å². The largest absolute Gasteiger partial charge is 0.497 e. The van der Waals surface area contributed by atoms with Crippen LogP contribution in [0.25, 0.3) is 11.0 Å². The predicted octanol–water partition coefficient (Wildman–Crippen LogP) is 5.01. The number of ether oxygens (including phenoxy) is 2. The first kappa shape index (κ1) is 32.5. The molecule has 5 rings (SSSR count). The summed E-state index contributed by atoms with van der Waals surface area (Å²) in [7, 11) is 3.25. The molecule has 0 bridgehead atoms. The van der Waals surface area contributed by atoms with Crippen LogP contribution in [0, 0.1) is 0 Å². The van der Waals surface area contributed by atoms with Gasteiger partial charge >= 0.3 is 0 Å². The van der Waals surface area contributed by atoms with Crippen molar-refractivity contribution in [3.05, 3.63) is 94.3 Å². The Morgan fingerprint density at radius 1 is 0.978 bits per heavy atom. The number of amides is 1. The number of methoxy groups -OCH3 is 2. The highest BCUT2D eigenvalue weighted by atomic mass is 16.5. The van der Waals surface area contributed by atoms with Gasteiger partial charge in [0.15, 0.2) is 5.65 Å². The lowest BCUT2D eigenvalue weighted by atomic mass is 10.1. The number of hydrogen-bond acceptors (Lipinski definition) is 9. The molecule has 0 saturated carbocycles. The molecule has 3 heterocycles. The van der Waals surface area contributed by atoms with E-state index >= 15 is 0 Å². The van der Waals surface area contributed by atoms with E-state index in [4.69, 9.17) is 19.4 Å². The molecule has 2 aromatic heterocycles. The van der Waals surface area contributed by atoms with Crippen LogP contribution in [0.15, 0.2) is 72.0 Å². The van der Waals surface area contributed by atoms with Crippen molar-refractivity contribution in [3.8, 4) is 11.5 Å². The number of anilines is 2. The molecule has 11 heteroatoms. The highest BCUT2D eigenvalue weighted by Gasteiger charge is 2.20. The van der Waals surface area contributed by atoms with E-state index in [0.717, 1.165) is 36.1 Å². The third kappa shape index (κ3) is 7.31. The summed E-state index contributed by atoms with van der Waals surface area (Å²) in [4.78, 5) is 38.7. The van der Waals surface area contributed by atoms with Gasteiger partial charge in [-0.25, -0.2) is 0 Å². The van der Waals surface area contributed by atoms with Gasteiger partial charge in [0.25, 0.3) is 5.56 Å². The monoisotopic (exact) mass is 625 g/mol. The minimum absolute atomic E-state index is 0.00579. The first-order valence-electron chi connectivity index (χ1n) is 15.6. The Morgan fingerprint density at radius 2 is 1.72 bits per heavy atom. The summed E-state index contributed by atoms with van der Waals surface area (Å²) < 4.78 is 12.6. The predicted molar refractivity (Wildman–Crippen MR) is 182 cm³/mol. The summed E-state index contributed by atoms with van der Waals surface area (Å²) in [6, 6.07) is 17.3. The average molecular weight is 626 g/mol. The molecule has 1 fully saturated rings. The van der Waals surface area contributed by atoms with Gasteiger partial charge in [-0.2, -0.15) is 9.97 Å². The number of piperazine rings is 1. The van der Waals surface area contributed by atoms with Gasteiger partial charge in [0.2, 0.25) is 11.9 Å². The Balaban J connectivity index is 1.35. The van der Waals surface area contributed by atoms with E-state index in [1.807, 2.05) is 36.9 Å². The van der Waals surface area contributed by atoms with Crippen molar-refractivity contribution in [2.45, 2.75) is 45.9 Å². The fourth-order valence-corrected chi connectivity index (χ4v) is 5.71. The minimum Gasteiger partial charge on any atom is -0.497 e. The van der Waals surface area contributed by atoms with Gasteiger partial charge in [0.05, 0.1) is 25.6 Å². The second kappa shape index (κ2) is 14.5. The van der Waals surface area contributed by atoms with Crippen molar-refractivity contribution in [1.29, 1.82) is 0 Å². The van der Waals surface area contributed by atoms with E-state index in [-0.39, 0.29) is 23.6 Å². The average Bonchev–Trinajstić information content (AvgIpc) is 3.07. The number of benzene rings is 2. The quantitative estimate of drug-likeness (QED) is 0.210. The zero-order valence-electron chi connectivity index (χ0n) is 27.2. The fourth-order valence-electron chi connectivity index (χ4n) is 5.71. The van der Waals surface area contributed by atoms with Gasteiger partial charge in [0.1, 0.15) is 17.3 Å². The minimum atomic E-state index is -0.118. The van der Waals surface area contributed by atoms with E-state index in [1.165, 1.54) is 11.6 Å². The van der Waals surface area contributed by atoms with Crippen LogP contribution in [0.4, 0.5) is 11.8 Å². The Hall–Kier alpha value is -4.90. The molecule has 1 atom stereocenters. The van der Waals surface area contributed by atoms with Gasteiger partial charge in [-0.05, 0) is 56.2 Å². The third-order valence-corrected chi connectivity index (χ3v) is 8.33. The number of nitrogens with zero attached hydrogens (tertiary/aromatic N) is 5. The van der Waals surface area contributed by atoms with E-state index in [9.17, 15) is 9.59 Å². The van der Waals surface area contributed by atoms with Crippen LogP contribution in [-0.2, 0) is 17.9 Å². The number of fused-ring (bicyclic) bond motifs is 1. The Kier molecular flexibility index (Phi) is 10.2. The SMILES string of the molecule is C=CC(=O)N1CCN(Cc2ccc([C@H](C)Nc3nc(NCc4ccc(OC)cc4OC)c4ccc(=O)n(C(C)C)c4n3)cc2)CC1. The second-order valence-corrected chi connectivity index (χ2v) is 11.7. The lowest BCUT2D eigenvalue weighted by molar-refractivity contribution is -0.127. The summed E-state index contributed by atoms with van der Waals surface area (Å²) in [5.41, 5.74) is 3.67. The first-order valence-corrected chi connectivity index (χ1v) is 15.6. The topological polar surface area (TPSA) is 114 Å². The number of carbonyl (C=O) groups is 1. The molecule has 0 radical (unpaired) electrons. The third-order valence-electron chi connectivity index (χ3n) is 8.33. The molecule has 4 aromatic rings. The summed E-state index contributed by atoms with van der Waals surface area (Å²) in [5, 5.41) is 7.66. The van der Waals surface area contributed by atoms with E-state index < -0.39 is 0 Å². The molecule has 2 N–H and O–H groups in total. The molecular formula is C35H43N7O4. The number of hydrogen-bond donors (Lipinski definition) is 2. The molecule has 11 nitrogen and oxygen atoms in total. The van der Waals surface area contributed by atoms with Crippen LogP contribution in [0.5, 0.6) is 11.5 Å². The smallest absolute Gasteiger partial charge is 0.252 e. The van der Waals surface area contributed by atoms with Crippen molar-refractivity contribution in [3.63, 3.8) is 0 Å². The van der Waals surface area contributed by atoms with Crippen molar-refractivity contribution in [2.24, 2.45) is 0 Å². The maximum absolute atomic E-state index is 12.9. The molecule has 0 unspecified atom stereocenters. The van der Waals surface area contributed by atoms with Gasteiger partial charge in [0, 0.05) is 63.0 Å². The van der Waals surface area contributed by atoms with Crippen LogP contribution in [0.2, 0.25) is 0 Å². The van der Waals surface area contributed by atoms with Crippen molar-refractivity contribution < 1.29 is 14.3 Å². The number of nitrogens with one attached hydrogen (secondary N) is 2. The Morgan fingerprint density at radius 3 is 2.37 bits per heavy atom. The number of rotatable bonds is 12. The lowest BCUT2D eigenvalue weighted by Gasteiger charge is -2.34. The van der Waals surface area contributed by atoms with E-state index in [2.05, 4.69) is 53.3 Å². The number of aromatic nitrogens is 3. The zero-order valence-corrected chi connectivity index (χ0v) is 27.2. The summed E-state index contributed by atoms with van der Waals surface area (Å²) in [6.45, 7) is 14.0. The highest BCUT2D eigenvalue weighted by Crippen LogP contribution is 2.28. The van der Waals surface area contributed by atoms with Gasteiger partial charge in [-0.1, -0.05) is 30.8 Å². The first-order chi connectivity index (χ1) is 22.2. The molecular weight excluding hydrogens is 582 g/mol. The molecule has 46 heavy (non-hydrogen) atoms. The van der Waals surface area contributed by atoms with Gasteiger partial charge in [-0.15, -0.1) is 0 Å². The molecule has 1 aliphatic heterocycles. The summed E-state index contributed by atoms with van der Waals surface area (Å²) >= 11 is 0. The van der Waals surface area contributed by atoms with Crippen LogP contribution in [0.3, 0.4) is 0 Å². The maximum Gasteiger partial charge on any atom is 0.252 e. The molecule has 242 valence electrons. The van der Waals surface area contributed by atoms with E-state index in [1.54, 1.807) is 30.9 Å². The molecule has 1 amide bonds. The highest BCUT2D eigenvalue weighted by molar-refractivity contribution is 5.88. The fraction of sp³-hybridized carbons (Fsp3) is 0.371. The van der Waals surface area contributed by atoms with Gasteiger partial charge < -0.3 is 25.0 Å². The second-order valence-electron chi connectivity index (χ2n) is 11.7. The molecule has 1 saturated heterocycles. The van der Waals surface area contributed by atoms with Crippen LogP contribution in [0.1, 0.15) is 49.5 Å². The lowest BCUT2D eigenvalue weighted by Crippen LogP contribution is -2.47. The molecule has 0 aliphatic carbocycles. The normalized spacial score (nSPS) is 14.3. The van der Waals surface area contributed by atoms with Crippen LogP contribution in [-0.4, -0.2) is 70.6 Å². The molecule has 0 spiro atoms. The maximum atomic E-state index is 12.9. The van der Waals surface area contributed by atoms with Gasteiger partial charge in [-0.3, -0.25) is 19.1 Å². The van der Waals surface area contributed by atoms with Crippen molar-refractivity contribution in [2.75, 3.05) is 51.0 Å². The summed E-state index contributed by atoms with van der Waals surface area (Å²) in [5.74, 6) is 2.43. The van der Waals surface area contributed by atoms with Crippen molar-refractivity contribution >= 4 is 28.7 Å². The van der Waals surface area contributed by atoms with Crippen LogP contribution >= 0.6 is 0 Å². The Bertz CT molecular complexity index is 1740. The van der Waals surface area contributed by atoms with Crippen molar-refractivity contribution in [1.82, 2.24) is 24.3 Å². The Labute approximate surface area is 269 Å². The standard InChI is InChI=1S/C35H43N7O4/c1-7-31(43)41-18-16-40(17-19-41)22-25-8-10-26(11-9-25)24(4)37-35-38-33(29-14-15-32(44)42(23(2)3)34(29)39-35)36-21-27-12-13-28(45-5)20-30(27)46-6/h7-15,20,23-24H,1,16-19,21-22H2,2-6H3,(H2,36,37,38,39)/t24-/m0/s1. The summed E-state index contributed by atoms with van der Waals surface area (Å²) in [6.07, 6.45) is 1.38. The number of carbonyl (C=O) groups excluding carboxylic acids is 1. The number of pyridine rings is 1. The molecule has 2 aromatic carbocycles. The zero-order chi connectivity index (χ0) is 32.8. The van der Waals surface area contributed by atoms with Crippen LogP contribution < -0.4 is 25.7 Å².